The zero-order valence-corrected chi connectivity index (χ0v) is 7.97. The fourth-order valence-electron chi connectivity index (χ4n) is 1.89. The molecule has 1 aliphatic rings. The lowest BCUT2D eigenvalue weighted by molar-refractivity contribution is 0.163. The Bertz CT molecular complexity index is 157. The van der Waals surface area contributed by atoms with E-state index in [4.69, 9.17) is 6.42 Å². The first kappa shape index (κ1) is 9.61. The van der Waals surface area contributed by atoms with E-state index in [-0.39, 0.29) is 0 Å². The van der Waals surface area contributed by atoms with Crippen molar-refractivity contribution in [2.75, 3.05) is 13.1 Å². The van der Waals surface area contributed by atoms with Crippen LogP contribution in [0.4, 0.5) is 0 Å². The molecular formula is C11H19N. The Morgan fingerprint density at radius 2 is 2.17 bits per heavy atom. The van der Waals surface area contributed by atoms with Gasteiger partial charge in [-0.3, -0.25) is 0 Å². The van der Waals surface area contributed by atoms with Crippen LogP contribution in [0.3, 0.4) is 0 Å². The van der Waals surface area contributed by atoms with Crippen molar-refractivity contribution < 1.29 is 0 Å². The minimum absolute atomic E-state index is 0.915. The normalized spacial score (nSPS) is 27.7. The Labute approximate surface area is 75.9 Å². The van der Waals surface area contributed by atoms with Gasteiger partial charge in [0.05, 0.1) is 0 Å². The van der Waals surface area contributed by atoms with Gasteiger partial charge in [-0.15, -0.1) is 12.3 Å². The molecule has 0 aliphatic heterocycles. The van der Waals surface area contributed by atoms with Crippen LogP contribution < -0.4 is 5.32 Å². The van der Waals surface area contributed by atoms with E-state index in [0.717, 1.165) is 24.8 Å². The van der Waals surface area contributed by atoms with Gasteiger partial charge in [-0.1, -0.05) is 6.92 Å². The van der Waals surface area contributed by atoms with E-state index >= 15 is 0 Å². The van der Waals surface area contributed by atoms with Crippen LogP contribution >= 0.6 is 0 Å². The topological polar surface area (TPSA) is 12.0 Å². The molecule has 0 radical (unpaired) electrons. The van der Waals surface area contributed by atoms with Gasteiger partial charge in [0.1, 0.15) is 0 Å². The Balaban J connectivity index is 2.08. The van der Waals surface area contributed by atoms with Gasteiger partial charge in [0, 0.05) is 6.42 Å². The first-order chi connectivity index (χ1) is 5.88. The van der Waals surface area contributed by atoms with Crippen LogP contribution in [0.5, 0.6) is 0 Å². The fraction of sp³-hybridized carbons (Fsp3) is 0.818. The molecule has 2 unspecified atom stereocenters. The van der Waals surface area contributed by atoms with Gasteiger partial charge >= 0.3 is 0 Å². The van der Waals surface area contributed by atoms with E-state index in [0.29, 0.717) is 0 Å². The van der Waals surface area contributed by atoms with Crippen LogP contribution in [-0.2, 0) is 0 Å². The molecule has 0 aromatic heterocycles. The molecule has 0 aromatic rings. The first-order valence-electron chi connectivity index (χ1n) is 5.02. The van der Waals surface area contributed by atoms with Crippen molar-refractivity contribution in [3.63, 3.8) is 0 Å². The van der Waals surface area contributed by atoms with Gasteiger partial charge in [0.2, 0.25) is 0 Å². The molecule has 1 heteroatoms. The van der Waals surface area contributed by atoms with E-state index in [1.165, 1.54) is 25.8 Å². The summed E-state index contributed by atoms with van der Waals surface area (Å²) in [7, 11) is 0. The Kier molecular flexibility index (Phi) is 4.18. The quantitative estimate of drug-likeness (QED) is 0.615. The molecule has 0 amide bonds. The number of rotatable bonds is 5. The first-order valence-corrected chi connectivity index (χ1v) is 5.02. The summed E-state index contributed by atoms with van der Waals surface area (Å²) in [6.45, 7) is 4.46. The zero-order valence-electron chi connectivity index (χ0n) is 7.97. The van der Waals surface area contributed by atoms with Crippen molar-refractivity contribution in [2.24, 2.45) is 11.8 Å². The van der Waals surface area contributed by atoms with Crippen molar-refractivity contribution in [2.45, 2.75) is 32.6 Å². The summed E-state index contributed by atoms with van der Waals surface area (Å²) in [5.74, 6) is 4.55. The van der Waals surface area contributed by atoms with Gasteiger partial charge in [0.15, 0.2) is 0 Å². The van der Waals surface area contributed by atoms with Gasteiger partial charge < -0.3 is 5.32 Å². The summed E-state index contributed by atoms with van der Waals surface area (Å²) in [6.07, 6.45) is 10.2. The number of hydrogen-bond donors (Lipinski definition) is 1. The molecule has 0 heterocycles. The third-order valence-electron chi connectivity index (χ3n) is 2.89. The van der Waals surface area contributed by atoms with E-state index in [1.807, 2.05) is 0 Å². The predicted octanol–water partition coefficient (Wildman–Crippen LogP) is 2.04. The molecule has 0 spiro atoms. The van der Waals surface area contributed by atoms with Crippen molar-refractivity contribution in [1.29, 1.82) is 0 Å². The molecule has 0 bridgehead atoms. The van der Waals surface area contributed by atoms with Gasteiger partial charge in [-0.05, 0) is 44.2 Å². The molecule has 68 valence electrons. The molecular weight excluding hydrogens is 146 g/mol. The third kappa shape index (κ3) is 2.53. The van der Waals surface area contributed by atoms with E-state index in [1.54, 1.807) is 0 Å². The SMILES string of the molecule is C#CCCC1CCC1CNCC. The maximum absolute atomic E-state index is 5.24. The maximum Gasteiger partial charge on any atom is 0.00888 e. The van der Waals surface area contributed by atoms with Gasteiger partial charge in [-0.2, -0.15) is 0 Å². The lowest BCUT2D eigenvalue weighted by Crippen LogP contribution is -2.35. The molecule has 1 aliphatic carbocycles. The second-order valence-corrected chi connectivity index (χ2v) is 3.65. The van der Waals surface area contributed by atoms with Crippen LogP contribution in [0, 0.1) is 24.2 Å². The highest BCUT2D eigenvalue weighted by Gasteiger charge is 2.29. The molecule has 0 saturated heterocycles. The van der Waals surface area contributed by atoms with Crippen LogP contribution in [0.25, 0.3) is 0 Å². The summed E-state index contributed by atoms with van der Waals surface area (Å²) in [5, 5.41) is 3.40. The molecule has 1 N–H and O–H groups in total. The zero-order chi connectivity index (χ0) is 8.81. The smallest absolute Gasteiger partial charge is 0.00888 e. The fourth-order valence-corrected chi connectivity index (χ4v) is 1.89. The lowest BCUT2D eigenvalue weighted by Gasteiger charge is -2.36. The van der Waals surface area contributed by atoms with Crippen molar-refractivity contribution >= 4 is 0 Å². The molecule has 12 heavy (non-hydrogen) atoms. The minimum atomic E-state index is 0.915. The van der Waals surface area contributed by atoms with Crippen LogP contribution in [0.1, 0.15) is 32.6 Å². The number of hydrogen-bond acceptors (Lipinski definition) is 1. The summed E-state index contributed by atoms with van der Waals surface area (Å²) in [4.78, 5) is 0. The molecule has 1 nitrogen and oxygen atoms in total. The molecule has 0 aromatic carbocycles. The van der Waals surface area contributed by atoms with Crippen molar-refractivity contribution in [3.8, 4) is 12.3 Å². The van der Waals surface area contributed by atoms with Crippen molar-refractivity contribution in [3.05, 3.63) is 0 Å². The third-order valence-corrected chi connectivity index (χ3v) is 2.89. The molecule has 1 fully saturated rings. The Hall–Kier alpha value is -0.480. The summed E-state index contributed by atoms with van der Waals surface area (Å²) >= 11 is 0. The largest absolute Gasteiger partial charge is 0.317 e. The number of terminal acetylenes is 1. The van der Waals surface area contributed by atoms with Crippen LogP contribution in [-0.4, -0.2) is 13.1 Å². The standard InChI is InChI=1S/C11H19N/c1-3-5-6-10-7-8-11(10)9-12-4-2/h1,10-12H,4-9H2,2H3. The monoisotopic (exact) mass is 165 g/mol. The summed E-state index contributed by atoms with van der Waals surface area (Å²) < 4.78 is 0. The van der Waals surface area contributed by atoms with E-state index in [9.17, 15) is 0 Å². The summed E-state index contributed by atoms with van der Waals surface area (Å²) in [5.41, 5.74) is 0. The van der Waals surface area contributed by atoms with Gasteiger partial charge in [0.25, 0.3) is 0 Å². The highest BCUT2D eigenvalue weighted by Crippen LogP contribution is 2.36. The minimum Gasteiger partial charge on any atom is -0.317 e. The highest BCUT2D eigenvalue weighted by molar-refractivity contribution is 4.89. The highest BCUT2D eigenvalue weighted by atomic mass is 14.9. The van der Waals surface area contributed by atoms with Gasteiger partial charge in [-0.25, -0.2) is 0 Å². The predicted molar refractivity (Wildman–Crippen MR) is 52.8 cm³/mol. The second-order valence-electron chi connectivity index (χ2n) is 3.65. The van der Waals surface area contributed by atoms with Crippen LogP contribution in [0.15, 0.2) is 0 Å². The Morgan fingerprint density at radius 3 is 2.67 bits per heavy atom. The second kappa shape index (κ2) is 5.22. The Morgan fingerprint density at radius 1 is 1.42 bits per heavy atom. The van der Waals surface area contributed by atoms with E-state index < -0.39 is 0 Å². The van der Waals surface area contributed by atoms with Crippen molar-refractivity contribution in [1.82, 2.24) is 5.32 Å². The molecule has 2 atom stereocenters. The van der Waals surface area contributed by atoms with Crippen LogP contribution in [0.2, 0.25) is 0 Å². The average molecular weight is 165 g/mol. The molecule has 1 rings (SSSR count). The average Bonchev–Trinajstić information content (AvgIpc) is 2.04. The van der Waals surface area contributed by atoms with E-state index in [2.05, 4.69) is 18.2 Å². The number of nitrogens with one attached hydrogen (secondary N) is 1. The maximum atomic E-state index is 5.24. The lowest BCUT2D eigenvalue weighted by atomic mass is 9.71. The summed E-state index contributed by atoms with van der Waals surface area (Å²) in [6, 6.07) is 0. The molecule has 1 saturated carbocycles.